The first kappa shape index (κ1) is 39.7. The number of benzene rings is 5. The van der Waals surface area contributed by atoms with Gasteiger partial charge in [-0.2, -0.15) is 17.6 Å². The Labute approximate surface area is 285 Å². The van der Waals surface area contributed by atoms with Crippen LogP contribution in [0.4, 0.5) is 99.2 Å². The molecule has 22 heteroatoms. The molecule has 0 unspecified atom stereocenters. The Hall–Kier alpha value is -5.54. The zero-order chi connectivity index (χ0) is 40.8. The van der Waals surface area contributed by atoms with Crippen molar-refractivity contribution in [2.75, 3.05) is 14.1 Å². The first-order valence-electron chi connectivity index (χ1n) is 13.7. The maximum absolute atomic E-state index is 15.6. The van der Waals surface area contributed by atoms with Crippen molar-refractivity contribution in [3.05, 3.63) is 128 Å². The van der Waals surface area contributed by atoms with Gasteiger partial charge >= 0.3 is 0 Å². The predicted octanol–water partition coefficient (Wildman–Crippen LogP) is 11.5. The molecule has 0 heterocycles. The minimum absolute atomic E-state index is 0.0301. The van der Waals surface area contributed by atoms with Gasteiger partial charge in [0, 0.05) is 11.6 Å². The summed E-state index contributed by atoms with van der Waals surface area (Å²) in [6.07, 6.45) is 0. The van der Waals surface area contributed by atoms with E-state index in [1.807, 2.05) is 0 Å². The molecule has 0 aliphatic rings. The number of quaternary nitrogens is 1. The van der Waals surface area contributed by atoms with Crippen LogP contribution in [0, 0.1) is 116 Å². The number of ether oxygens (including phenoxy) is 1. The third-order valence-corrected chi connectivity index (χ3v) is 7.79. The standard InChI is InChI=1S/C32H8F20NO/c1-53(2,31-27(49)23(45)21(43)24(46)28(31)50)5-3-4-6(54-32-29(51)25(47)22(44)26(48)30(32)52)8(10-13(35)17(39)20(42)18(40)14(10)36)7(5)9-11(33)15(37)19(41)16(38)12(9)34/h3-4H,1-2H3/q+1. The summed E-state index contributed by atoms with van der Waals surface area (Å²) in [7, 11) is 0.603. The fourth-order valence-electron chi connectivity index (χ4n) is 5.26. The molecule has 5 rings (SSSR count). The van der Waals surface area contributed by atoms with E-state index < -0.39 is 166 Å². The lowest BCUT2D eigenvalue weighted by atomic mass is 9.89. The van der Waals surface area contributed by atoms with Gasteiger partial charge in [-0.3, -0.25) is 4.48 Å². The molecule has 5 aromatic rings. The fraction of sp³-hybridized carbons (Fsp3) is 0.0625. The summed E-state index contributed by atoms with van der Waals surface area (Å²) in [5.41, 5.74) is -13.5. The molecular weight excluding hydrogens is 794 g/mol. The molecule has 0 aliphatic heterocycles. The van der Waals surface area contributed by atoms with Crippen LogP contribution in [0.25, 0.3) is 22.3 Å². The minimum Gasteiger partial charge on any atom is -0.450 e. The normalized spacial score (nSPS) is 11.9. The van der Waals surface area contributed by atoms with Gasteiger partial charge in [0.05, 0.1) is 30.8 Å². The third-order valence-electron chi connectivity index (χ3n) is 7.79. The van der Waals surface area contributed by atoms with Crippen molar-refractivity contribution in [3.63, 3.8) is 0 Å². The van der Waals surface area contributed by atoms with Crippen molar-refractivity contribution in [1.29, 1.82) is 0 Å². The Kier molecular flexibility index (Phi) is 9.84. The van der Waals surface area contributed by atoms with E-state index in [0.717, 1.165) is 0 Å². The molecule has 0 spiro atoms. The van der Waals surface area contributed by atoms with Gasteiger partial charge in [-0.05, 0) is 6.07 Å². The topological polar surface area (TPSA) is 9.23 Å². The monoisotopic (exact) mass is 802 g/mol. The van der Waals surface area contributed by atoms with Gasteiger partial charge in [0.2, 0.25) is 81.2 Å². The lowest BCUT2D eigenvalue weighted by Crippen LogP contribution is -2.38. The Bertz CT molecular complexity index is 2350. The van der Waals surface area contributed by atoms with E-state index >= 15 is 26.3 Å². The van der Waals surface area contributed by atoms with E-state index in [2.05, 4.69) is 4.74 Å². The Balaban J connectivity index is 2.14. The van der Waals surface area contributed by atoms with Gasteiger partial charge in [0.25, 0.3) is 0 Å². The highest BCUT2D eigenvalue weighted by Crippen LogP contribution is 2.54. The second-order valence-electron chi connectivity index (χ2n) is 11.1. The van der Waals surface area contributed by atoms with Gasteiger partial charge in [-0.15, -0.1) is 0 Å². The maximum Gasteiger partial charge on any atom is 0.226 e. The van der Waals surface area contributed by atoms with E-state index in [1.165, 1.54) is 0 Å². The van der Waals surface area contributed by atoms with Crippen LogP contribution in [0.2, 0.25) is 0 Å². The summed E-state index contributed by atoms with van der Waals surface area (Å²) in [6.45, 7) is 0. The van der Waals surface area contributed by atoms with Crippen molar-refractivity contribution >= 4 is 11.4 Å². The van der Waals surface area contributed by atoms with Crippen LogP contribution < -0.4 is 9.22 Å². The molecule has 0 N–H and O–H groups in total. The van der Waals surface area contributed by atoms with E-state index in [0.29, 0.717) is 14.1 Å². The first-order valence-corrected chi connectivity index (χ1v) is 13.7. The Morgan fingerprint density at radius 2 is 0.593 bits per heavy atom. The Morgan fingerprint density at radius 3 is 0.944 bits per heavy atom. The lowest BCUT2D eigenvalue weighted by Gasteiger charge is -2.33. The summed E-state index contributed by atoms with van der Waals surface area (Å²) in [4.78, 5) is 0. The molecule has 2 nitrogen and oxygen atoms in total. The van der Waals surface area contributed by atoms with Crippen LogP contribution in [0.1, 0.15) is 0 Å². The van der Waals surface area contributed by atoms with E-state index in [-0.39, 0.29) is 12.1 Å². The summed E-state index contributed by atoms with van der Waals surface area (Å²) in [6, 6.07) is -0.0370. The summed E-state index contributed by atoms with van der Waals surface area (Å²) >= 11 is 0. The van der Waals surface area contributed by atoms with Crippen molar-refractivity contribution in [2.45, 2.75) is 0 Å². The van der Waals surface area contributed by atoms with Crippen LogP contribution in [-0.4, -0.2) is 14.1 Å². The predicted molar refractivity (Wildman–Crippen MR) is 143 cm³/mol. The smallest absolute Gasteiger partial charge is 0.226 e. The number of nitrogens with zero attached hydrogens (tertiary/aromatic N) is 1. The average molecular weight is 802 g/mol. The molecule has 0 saturated heterocycles. The molecule has 0 atom stereocenters. The van der Waals surface area contributed by atoms with E-state index in [9.17, 15) is 61.5 Å². The highest BCUT2D eigenvalue weighted by molar-refractivity contribution is 5.97. The molecular formula is C32H8F20NO+. The largest absolute Gasteiger partial charge is 0.450 e. The molecule has 0 bridgehead atoms. The fourth-order valence-corrected chi connectivity index (χ4v) is 5.26. The highest BCUT2D eigenvalue weighted by Gasteiger charge is 2.44. The quantitative estimate of drug-likeness (QED) is 0.0719. The average Bonchev–Trinajstić information content (AvgIpc) is 3.13. The van der Waals surface area contributed by atoms with Crippen LogP contribution in [0.5, 0.6) is 11.5 Å². The lowest BCUT2D eigenvalue weighted by molar-refractivity contribution is 0.332. The second kappa shape index (κ2) is 13.4. The molecule has 0 aliphatic carbocycles. The molecule has 0 fully saturated rings. The SMILES string of the molecule is C[N+](C)(c1ccc(Oc2c(F)c(F)c(F)c(F)c2F)c(-c2c(F)c(F)c(F)c(F)c2F)c1-c1c(F)c(F)c(F)c(F)c1F)c1c(F)c(F)c(F)c(F)c1F. The summed E-state index contributed by atoms with van der Waals surface area (Å²) in [5.74, 6) is -63.4. The van der Waals surface area contributed by atoms with E-state index in [4.69, 9.17) is 0 Å². The molecule has 54 heavy (non-hydrogen) atoms. The van der Waals surface area contributed by atoms with Crippen LogP contribution in [0.15, 0.2) is 12.1 Å². The zero-order valence-corrected chi connectivity index (χ0v) is 25.6. The molecule has 0 saturated carbocycles. The summed E-state index contributed by atoms with van der Waals surface area (Å²) in [5, 5.41) is 0. The van der Waals surface area contributed by atoms with Gasteiger partial charge < -0.3 is 4.74 Å². The summed E-state index contributed by atoms with van der Waals surface area (Å²) < 4.78 is 296. The van der Waals surface area contributed by atoms with Crippen LogP contribution in [0.3, 0.4) is 0 Å². The first-order chi connectivity index (χ1) is 24.9. The van der Waals surface area contributed by atoms with Crippen molar-refractivity contribution in [1.82, 2.24) is 4.48 Å². The van der Waals surface area contributed by atoms with Gasteiger partial charge in [0.15, 0.2) is 46.5 Å². The molecule has 0 radical (unpaired) electrons. The number of halogens is 20. The van der Waals surface area contributed by atoms with Crippen LogP contribution >= 0.6 is 0 Å². The molecule has 0 amide bonds. The van der Waals surface area contributed by atoms with Crippen molar-refractivity contribution < 1.29 is 92.5 Å². The van der Waals surface area contributed by atoms with Gasteiger partial charge in [-0.25, -0.2) is 70.2 Å². The Morgan fingerprint density at radius 1 is 0.315 bits per heavy atom. The van der Waals surface area contributed by atoms with E-state index in [1.54, 1.807) is 0 Å². The number of hydrogen-bond donors (Lipinski definition) is 0. The van der Waals surface area contributed by atoms with Gasteiger partial charge in [-0.1, -0.05) is 0 Å². The van der Waals surface area contributed by atoms with Crippen LogP contribution in [-0.2, 0) is 0 Å². The molecule has 0 aromatic heterocycles. The zero-order valence-electron chi connectivity index (χ0n) is 25.6. The third kappa shape index (κ3) is 5.56. The van der Waals surface area contributed by atoms with Crippen molar-refractivity contribution in [3.8, 4) is 33.8 Å². The molecule has 286 valence electrons. The second-order valence-corrected chi connectivity index (χ2v) is 11.1. The molecule has 5 aromatic carbocycles. The van der Waals surface area contributed by atoms with Crippen molar-refractivity contribution in [2.24, 2.45) is 0 Å². The maximum atomic E-state index is 15.6. The number of hydrogen-bond acceptors (Lipinski definition) is 1. The highest BCUT2D eigenvalue weighted by atomic mass is 19.2. The van der Waals surface area contributed by atoms with Gasteiger partial charge in [0.1, 0.15) is 11.4 Å². The minimum atomic E-state index is -3.08. The number of rotatable bonds is 6.